The number of anilines is 1. The summed E-state index contributed by atoms with van der Waals surface area (Å²) in [7, 11) is 0. The first kappa shape index (κ1) is 15.8. The minimum absolute atomic E-state index is 0.0104. The van der Waals surface area contributed by atoms with Gasteiger partial charge < -0.3 is 9.88 Å². The molecule has 0 aliphatic carbocycles. The summed E-state index contributed by atoms with van der Waals surface area (Å²) in [6, 6.07) is 11.3. The number of rotatable bonds is 3. The summed E-state index contributed by atoms with van der Waals surface area (Å²) < 4.78 is 0. The van der Waals surface area contributed by atoms with Gasteiger partial charge in [0, 0.05) is 13.1 Å². The molecule has 6 nitrogen and oxygen atoms in total. The quantitative estimate of drug-likeness (QED) is 0.758. The standard InChI is InChI=1S/C18H18N4O2S/c23-16(21-18-19-13-6-1-2-7-14(13)20-18)12-5-3-9-22(11-12)17(24)15-8-4-10-25-15/h1-2,4,6-8,10,12H,3,5,9,11H2,(H2,19,20,21,23)/t12-/m0/s1. The zero-order chi connectivity index (χ0) is 17.2. The van der Waals surface area contributed by atoms with Crippen molar-refractivity contribution in [1.29, 1.82) is 0 Å². The lowest BCUT2D eigenvalue weighted by atomic mass is 9.97. The van der Waals surface area contributed by atoms with Crippen LogP contribution in [0.5, 0.6) is 0 Å². The molecule has 0 unspecified atom stereocenters. The van der Waals surface area contributed by atoms with Crippen LogP contribution in [0, 0.1) is 5.92 Å². The van der Waals surface area contributed by atoms with Gasteiger partial charge in [0.2, 0.25) is 11.9 Å². The summed E-state index contributed by atoms with van der Waals surface area (Å²) in [6.07, 6.45) is 1.61. The highest BCUT2D eigenvalue weighted by molar-refractivity contribution is 7.12. The zero-order valence-corrected chi connectivity index (χ0v) is 14.4. The van der Waals surface area contributed by atoms with Crippen molar-refractivity contribution in [3.05, 3.63) is 46.7 Å². The molecule has 1 aromatic carbocycles. The van der Waals surface area contributed by atoms with Gasteiger partial charge in [0.05, 0.1) is 21.8 Å². The first-order chi connectivity index (χ1) is 12.2. The average molecular weight is 354 g/mol. The van der Waals surface area contributed by atoms with Crippen molar-refractivity contribution in [2.45, 2.75) is 12.8 Å². The highest BCUT2D eigenvalue weighted by atomic mass is 32.1. The number of H-pyrrole nitrogens is 1. The molecular weight excluding hydrogens is 336 g/mol. The van der Waals surface area contributed by atoms with Gasteiger partial charge in [-0.1, -0.05) is 18.2 Å². The Bertz CT molecular complexity index is 870. The summed E-state index contributed by atoms with van der Waals surface area (Å²) in [5, 5.41) is 4.75. The number of carbonyl (C=O) groups is 2. The van der Waals surface area contributed by atoms with E-state index in [0.717, 1.165) is 28.8 Å². The number of likely N-dealkylation sites (tertiary alicyclic amines) is 1. The molecule has 0 saturated carbocycles. The molecule has 2 aromatic heterocycles. The summed E-state index contributed by atoms with van der Waals surface area (Å²) in [6.45, 7) is 1.15. The van der Waals surface area contributed by atoms with E-state index in [0.29, 0.717) is 19.0 Å². The maximum atomic E-state index is 12.6. The van der Waals surface area contributed by atoms with Gasteiger partial charge in [-0.2, -0.15) is 0 Å². The second-order valence-electron chi connectivity index (χ2n) is 6.16. The molecule has 1 fully saturated rings. The Morgan fingerprint density at radius 2 is 2.12 bits per heavy atom. The number of hydrogen-bond acceptors (Lipinski definition) is 4. The van der Waals surface area contributed by atoms with E-state index in [1.807, 2.05) is 41.8 Å². The van der Waals surface area contributed by atoms with Gasteiger partial charge in [-0.3, -0.25) is 14.9 Å². The van der Waals surface area contributed by atoms with Crippen molar-refractivity contribution in [3.8, 4) is 0 Å². The molecular formula is C18H18N4O2S. The van der Waals surface area contributed by atoms with Gasteiger partial charge in [-0.15, -0.1) is 11.3 Å². The molecule has 1 aliphatic heterocycles. The fourth-order valence-corrected chi connectivity index (χ4v) is 3.85. The van der Waals surface area contributed by atoms with Gasteiger partial charge >= 0.3 is 0 Å². The summed E-state index contributed by atoms with van der Waals surface area (Å²) in [5.74, 6) is 0.151. The van der Waals surface area contributed by atoms with E-state index in [4.69, 9.17) is 0 Å². The van der Waals surface area contributed by atoms with Gasteiger partial charge in [-0.25, -0.2) is 4.98 Å². The van der Waals surface area contributed by atoms with Crippen molar-refractivity contribution >= 4 is 40.1 Å². The highest BCUT2D eigenvalue weighted by Crippen LogP contribution is 2.22. The maximum Gasteiger partial charge on any atom is 0.263 e. The Morgan fingerprint density at radius 1 is 1.24 bits per heavy atom. The lowest BCUT2D eigenvalue weighted by Gasteiger charge is -2.31. The molecule has 4 rings (SSSR count). The van der Waals surface area contributed by atoms with Crippen LogP contribution in [0.1, 0.15) is 22.5 Å². The van der Waals surface area contributed by atoms with Crippen LogP contribution in [0.2, 0.25) is 0 Å². The van der Waals surface area contributed by atoms with Crippen LogP contribution >= 0.6 is 11.3 Å². The monoisotopic (exact) mass is 354 g/mol. The van der Waals surface area contributed by atoms with Crippen LogP contribution in [0.3, 0.4) is 0 Å². The SMILES string of the molecule is O=C(Nc1nc2ccccc2[nH]1)[C@H]1CCCN(C(=O)c2cccs2)C1. The number of piperidine rings is 1. The molecule has 0 radical (unpaired) electrons. The molecule has 2 amide bonds. The van der Waals surface area contributed by atoms with E-state index in [-0.39, 0.29) is 17.7 Å². The van der Waals surface area contributed by atoms with Crippen molar-refractivity contribution in [2.75, 3.05) is 18.4 Å². The molecule has 1 aliphatic rings. The largest absolute Gasteiger partial charge is 0.337 e. The maximum absolute atomic E-state index is 12.6. The zero-order valence-electron chi connectivity index (χ0n) is 13.6. The first-order valence-corrected chi connectivity index (χ1v) is 9.17. The van der Waals surface area contributed by atoms with E-state index >= 15 is 0 Å². The predicted molar refractivity (Wildman–Crippen MR) is 97.7 cm³/mol. The summed E-state index contributed by atoms with van der Waals surface area (Å²) >= 11 is 1.43. The summed E-state index contributed by atoms with van der Waals surface area (Å²) in [4.78, 5) is 35.1. The number of hydrogen-bond donors (Lipinski definition) is 2. The van der Waals surface area contributed by atoms with Crippen molar-refractivity contribution in [3.63, 3.8) is 0 Å². The number of nitrogens with one attached hydrogen (secondary N) is 2. The minimum atomic E-state index is -0.217. The Hall–Kier alpha value is -2.67. The number of amides is 2. The van der Waals surface area contributed by atoms with E-state index in [1.165, 1.54) is 11.3 Å². The number of benzene rings is 1. The van der Waals surface area contributed by atoms with E-state index in [1.54, 1.807) is 4.90 Å². The third kappa shape index (κ3) is 3.28. The van der Waals surface area contributed by atoms with Gasteiger partial charge in [0.25, 0.3) is 5.91 Å². The van der Waals surface area contributed by atoms with Crippen LogP contribution in [0.4, 0.5) is 5.95 Å². The van der Waals surface area contributed by atoms with Crippen LogP contribution in [-0.2, 0) is 4.79 Å². The third-order valence-corrected chi connectivity index (χ3v) is 5.30. The Labute approximate surface area is 148 Å². The first-order valence-electron chi connectivity index (χ1n) is 8.29. The topological polar surface area (TPSA) is 78.1 Å². The minimum Gasteiger partial charge on any atom is -0.337 e. The van der Waals surface area contributed by atoms with Crippen LogP contribution in [-0.4, -0.2) is 39.8 Å². The number of aromatic amines is 1. The van der Waals surface area contributed by atoms with Gasteiger partial charge in [-0.05, 0) is 36.4 Å². The molecule has 1 saturated heterocycles. The average Bonchev–Trinajstić information content (AvgIpc) is 3.30. The summed E-state index contributed by atoms with van der Waals surface area (Å²) in [5.41, 5.74) is 1.70. The number of fused-ring (bicyclic) bond motifs is 1. The number of carbonyl (C=O) groups excluding carboxylic acids is 2. The molecule has 3 heterocycles. The molecule has 128 valence electrons. The van der Waals surface area contributed by atoms with E-state index in [2.05, 4.69) is 15.3 Å². The van der Waals surface area contributed by atoms with Crippen molar-refractivity contribution in [1.82, 2.24) is 14.9 Å². The smallest absolute Gasteiger partial charge is 0.263 e. The molecule has 2 N–H and O–H groups in total. The Morgan fingerprint density at radius 3 is 2.92 bits per heavy atom. The van der Waals surface area contributed by atoms with Crippen LogP contribution < -0.4 is 5.32 Å². The van der Waals surface area contributed by atoms with Gasteiger partial charge in [0.15, 0.2) is 0 Å². The number of para-hydroxylation sites is 2. The molecule has 1 atom stereocenters. The number of thiophene rings is 1. The van der Waals surface area contributed by atoms with Crippen LogP contribution in [0.15, 0.2) is 41.8 Å². The second kappa shape index (κ2) is 6.68. The molecule has 0 bridgehead atoms. The highest BCUT2D eigenvalue weighted by Gasteiger charge is 2.29. The van der Waals surface area contributed by atoms with E-state index in [9.17, 15) is 9.59 Å². The van der Waals surface area contributed by atoms with Gasteiger partial charge in [0.1, 0.15) is 0 Å². The molecule has 7 heteroatoms. The Kier molecular flexibility index (Phi) is 4.23. The second-order valence-corrected chi connectivity index (χ2v) is 7.11. The fraction of sp³-hybridized carbons (Fsp3) is 0.278. The molecule has 3 aromatic rings. The predicted octanol–water partition coefficient (Wildman–Crippen LogP) is 3.12. The number of aromatic nitrogens is 2. The third-order valence-electron chi connectivity index (χ3n) is 4.44. The van der Waals surface area contributed by atoms with Crippen molar-refractivity contribution < 1.29 is 9.59 Å². The fourth-order valence-electron chi connectivity index (χ4n) is 3.16. The normalized spacial score (nSPS) is 17.6. The number of nitrogens with zero attached hydrogens (tertiary/aromatic N) is 2. The molecule has 0 spiro atoms. The lowest BCUT2D eigenvalue weighted by Crippen LogP contribution is -2.43. The van der Waals surface area contributed by atoms with Crippen LogP contribution in [0.25, 0.3) is 11.0 Å². The van der Waals surface area contributed by atoms with E-state index < -0.39 is 0 Å². The van der Waals surface area contributed by atoms with Crippen molar-refractivity contribution in [2.24, 2.45) is 5.92 Å². The number of imidazole rings is 1. The lowest BCUT2D eigenvalue weighted by molar-refractivity contribution is -0.121. The Balaban J connectivity index is 1.43. The molecule has 25 heavy (non-hydrogen) atoms.